The molecule has 0 saturated carbocycles. The van der Waals surface area contributed by atoms with Crippen LogP contribution in [0, 0.1) is 0 Å². The average Bonchev–Trinajstić information content (AvgIpc) is 3.19. The van der Waals surface area contributed by atoms with Gasteiger partial charge in [0, 0.05) is 18.3 Å². The summed E-state index contributed by atoms with van der Waals surface area (Å²) in [6.45, 7) is 2.45. The van der Waals surface area contributed by atoms with Gasteiger partial charge in [-0.05, 0) is 42.3 Å². The zero-order valence-electron chi connectivity index (χ0n) is 16.1. The van der Waals surface area contributed by atoms with Gasteiger partial charge in [0.05, 0.1) is 23.5 Å². The molecule has 29 heavy (non-hydrogen) atoms. The Bertz CT molecular complexity index is 1010. The predicted molar refractivity (Wildman–Crippen MR) is 113 cm³/mol. The maximum Gasteiger partial charge on any atom is 0.259 e. The summed E-state index contributed by atoms with van der Waals surface area (Å²) >= 11 is 0. The minimum absolute atomic E-state index is 0.100. The van der Waals surface area contributed by atoms with Crippen molar-refractivity contribution in [1.82, 2.24) is 10.4 Å². The number of ether oxygens (including phenoxy) is 1. The molecule has 0 aliphatic carbocycles. The molecule has 2 unspecified atom stereocenters. The molecule has 6 heteroatoms. The van der Waals surface area contributed by atoms with Gasteiger partial charge in [-0.1, -0.05) is 36.4 Å². The van der Waals surface area contributed by atoms with Gasteiger partial charge < -0.3 is 15.5 Å². The highest BCUT2D eigenvalue weighted by molar-refractivity contribution is 6.06. The zero-order valence-corrected chi connectivity index (χ0v) is 16.1. The molecule has 0 bridgehead atoms. The van der Waals surface area contributed by atoms with Gasteiger partial charge in [-0.2, -0.15) is 5.10 Å². The van der Waals surface area contributed by atoms with Gasteiger partial charge in [-0.25, -0.2) is 0 Å². The van der Waals surface area contributed by atoms with Crippen LogP contribution in [0.1, 0.15) is 34.3 Å². The van der Waals surface area contributed by atoms with E-state index in [0.717, 1.165) is 11.1 Å². The smallest absolute Gasteiger partial charge is 0.259 e. The number of hydrogen-bond acceptors (Lipinski definition) is 5. The van der Waals surface area contributed by atoms with E-state index in [2.05, 4.69) is 27.8 Å². The van der Waals surface area contributed by atoms with Gasteiger partial charge in [0.2, 0.25) is 0 Å². The van der Waals surface area contributed by atoms with Crippen molar-refractivity contribution in [2.45, 2.75) is 25.5 Å². The SMILES string of the molecule is CC1NN=CC1c1ccc(OCc2ccccc2)c(C(=O)Nc2cccnc2)c1. The van der Waals surface area contributed by atoms with Crippen molar-refractivity contribution in [2.75, 3.05) is 5.32 Å². The Labute approximate surface area is 169 Å². The summed E-state index contributed by atoms with van der Waals surface area (Å²) < 4.78 is 6.00. The third-order valence-corrected chi connectivity index (χ3v) is 4.84. The highest BCUT2D eigenvalue weighted by Gasteiger charge is 2.24. The fourth-order valence-electron chi connectivity index (χ4n) is 3.25. The van der Waals surface area contributed by atoms with E-state index < -0.39 is 0 Å². The lowest BCUT2D eigenvalue weighted by Crippen LogP contribution is -2.22. The summed E-state index contributed by atoms with van der Waals surface area (Å²) in [6.07, 6.45) is 5.15. The number of nitrogens with one attached hydrogen (secondary N) is 2. The molecule has 2 N–H and O–H groups in total. The molecule has 1 amide bonds. The summed E-state index contributed by atoms with van der Waals surface area (Å²) in [6, 6.07) is 19.3. The first kappa shape index (κ1) is 18.7. The number of carbonyl (C=O) groups excluding carboxylic acids is 1. The fraction of sp³-hybridized carbons (Fsp3) is 0.174. The van der Waals surface area contributed by atoms with Gasteiger partial charge in [0.25, 0.3) is 5.91 Å². The lowest BCUT2D eigenvalue weighted by molar-refractivity contribution is 0.102. The molecule has 1 aliphatic rings. The quantitative estimate of drug-likeness (QED) is 0.672. The minimum Gasteiger partial charge on any atom is -0.488 e. The summed E-state index contributed by atoms with van der Waals surface area (Å²) in [5.74, 6) is 0.399. The molecule has 146 valence electrons. The number of aromatic nitrogens is 1. The number of rotatable bonds is 6. The average molecular weight is 386 g/mol. The molecule has 2 heterocycles. The second-order valence-corrected chi connectivity index (χ2v) is 6.95. The van der Waals surface area contributed by atoms with Crippen LogP contribution in [0.15, 0.2) is 78.2 Å². The second kappa shape index (κ2) is 8.56. The first-order chi connectivity index (χ1) is 14.2. The van der Waals surface area contributed by atoms with E-state index in [1.54, 1.807) is 24.5 Å². The van der Waals surface area contributed by atoms with Crippen molar-refractivity contribution in [1.29, 1.82) is 0 Å². The van der Waals surface area contributed by atoms with Crippen molar-refractivity contribution in [3.63, 3.8) is 0 Å². The van der Waals surface area contributed by atoms with Gasteiger partial charge >= 0.3 is 0 Å². The van der Waals surface area contributed by atoms with Crippen LogP contribution in [0.5, 0.6) is 5.75 Å². The van der Waals surface area contributed by atoms with Crippen molar-refractivity contribution in [3.05, 3.63) is 89.7 Å². The number of hydrogen-bond donors (Lipinski definition) is 2. The molecule has 2 aromatic carbocycles. The Morgan fingerprint density at radius 1 is 1.14 bits per heavy atom. The topological polar surface area (TPSA) is 75.6 Å². The van der Waals surface area contributed by atoms with Crippen LogP contribution in [0.4, 0.5) is 5.69 Å². The van der Waals surface area contributed by atoms with Crippen LogP contribution in [0.25, 0.3) is 0 Å². The lowest BCUT2D eigenvalue weighted by atomic mass is 9.93. The Balaban J connectivity index is 1.62. The van der Waals surface area contributed by atoms with Crippen molar-refractivity contribution >= 4 is 17.8 Å². The standard InChI is InChI=1S/C23H22N4O2/c1-16-21(14-25-27-16)18-9-10-22(29-15-17-6-3-2-4-7-17)20(12-18)23(28)26-19-8-5-11-24-13-19/h2-14,16,21,27H,15H2,1H3,(H,26,28). The van der Waals surface area contributed by atoms with Crippen LogP contribution < -0.4 is 15.5 Å². The second-order valence-electron chi connectivity index (χ2n) is 6.95. The van der Waals surface area contributed by atoms with E-state index in [-0.39, 0.29) is 17.9 Å². The number of anilines is 1. The lowest BCUT2D eigenvalue weighted by Gasteiger charge is -2.17. The number of hydrazone groups is 1. The van der Waals surface area contributed by atoms with E-state index in [9.17, 15) is 4.79 Å². The molecular formula is C23H22N4O2. The maximum absolute atomic E-state index is 13.0. The Morgan fingerprint density at radius 2 is 2.00 bits per heavy atom. The van der Waals surface area contributed by atoms with E-state index in [1.165, 1.54) is 0 Å². The minimum atomic E-state index is -0.238. The Kier molecular flexibility index (Phi) is 5.52. The normalized spacial score (nSPS) is 17.6. The number of benzene rings is 2. The van der Waals surface area contributed by atoms with Crippen LogP contribution in [-0.2, 0) is 6.61 Å². The number of pyridine rings is 1. The van der Waals surface area contributed by atoms with Gasteiger partial charge in [-0.3, -0.25) is 9.78 Å². The molecule has 0 radical (unpaired) electrons. The van der Waals surface area contributed by atoms with E-state index in [1.807, 2.05) is 54.7 Å². The monoisotopic (exact) mass is 386 g/mol. The third-order valence-electron chi connectivity index (χ3n) is 4.84. The van der Waals surface area contributed by atoms with Crippen LogP contribution in [-0.4, -0.2) is 23.1 Å². The van der Waals surface area contributed by atoms with E-state index in [4.69, 9.17) is 4.74 Å². The Morgan fingerprint density at radius 3 is 2.72 bits per heavy atom. The summed E-state index contributed by atoms with van der Waals surface area (Å²) in [7, 11) is 0. The van der Waals surface area contributed by atoms with Gasteiger partial charge in [0.15, 0.2) is 0 Å². The van der Waals surface area contributed by atoms with Crippen molar-refractivity contribution < 1.29 is 9.53 Å². The number of nitrogens with zero attached hydrogens (tertiary/aromatic N) is 2. The molecule has 4 rings (SSSR count). The molecule has 0 fully saturated rings. The van der Waals surface area contributed by atoms with Crippen LogP contribution in [0.3, 0.4) is 0 Å². The molecule has 0 spiro atoms. The summed E-state index contributed by atoms with van der Waals surface area (Å²) in [5, 5.41) is 7.04. The van der Waals surface area contributed by atoms with E-state index in [0.29, 0.717) is 23.6 Å². The highest BCUT2D eigenvalue weighted by atomic mass is 16.5. The molecule has 6 nitrogen and oxygen atoms in total. The maximum atomic E-state index is 13.0. The Hall–Kier alpha value is -3.67. The molecule has 1 aromatic heterocycles. The first-order valence-electron chi connectivity index (χ1n) is 9.51. The van der Waals surface area contributed by atoms with Crippen LogP contribution in [0.2, 0.25) is 0 Å². The van der Waals surface area contributed by atoms with Gasteiger partial charge in [-0.15, -0.1) is 0 Å². The highest BCUT2D eigenvalue weighted by Crippen LogP contribution is 2.28. The first-order valence-corrected chi connectivity index (χ1v) is 9.51. The molecular weight excluding hydrogens is 364 g/mol. The molecule has 2 atom stereocenters. The summed E-state index contributed by atoms with van der Waals surface area (Å²) in [5.41, 5.74) is 6.21. The van der Waals surface area contributed by atoms with Crippen molar-refractivity contribution in [2.24, 2.45) is 5.10 Å². The van der Waals surface area contributed by atoms with Crippen LogP contribution >= 0.6 is 0 Å². The van der Waals surface area contributed by atoms with Gasteiger partial charge in [0.1, 0.15) is 12.4 Å². The number of amides is 1. The largest absolute Gasteiger partial charge is 0.488 e. The summed E-state index contributed by atoms with van der Waals surface area (Å²) in [4.78, 5) is 17.1. The molecule has 3 aromatic rings. The van der Waals surface area contributed by atoms with E-state index >= 15 is 0 Å². The fourth-order valence-corrected chi connectivity index (χ4v) is 3.25. The molecule has 0 saturated heterocycles. The predicted octanol–water partition coefficient (Wildman–Crippen LogP) is 3.97. The third kappa shape index (κ3) is 4.43. The number of carbonyl (C=O) groups is 1. The zero-order chi connectivity index (χ0) is 20.1. The molecule has 1 aliphatic heterocycles. The van der Waals surface area contributed by atoms with Crippen molar-refractivity contribution in [3.8, 4) is 5.75 Å².